The van der Waals surface area contributed by atoms with Crippen LogP contribution in [0, 0.1) is 17.8 Å². The van der Waals surface area contributed by atoms with Crippen molar-refractivity contribution in [3.05, 3.63) is 0 Å². The van der Waals surface area contributed by atoms with Gasteiger partial charge in [0.05, 0.1) is 4.83 Å². The van der Waals surface area contributed by atoms with Gasteiger partial charge >= 0.3 is 0 Å². The zero-order valence-electron chi connectivity index (χ0n) is 9.92. The summed E-state index contributed by atoms with van der Waals surface area (Å²) < 4.78 is 0. The van der Waals surface area contributed by atoms with Gasteiger partial charge < -0.3 is 5.32 Å². The molecule has 0 saturated heterocycles. The standard InChI is InChI=1S/C12H22BrNO/c1-8(2)11(13)12(15)14-7-10-5-4-9(3)6-10/h8-11H,4-7H2,1-3H3,(H,14,15). The SMILES string of the molecule is CC1CCC(CNC(=O)C(Br)C(C)C)C1. The molecule has 1 aliphatic carbocycles. The van der Waals surface area contributed by atoms with E-state index in [9.17, 15) is 4.79 Å². The second-order valence-electron chi connectivity index (χ2n) is 5.18. The zero-order valence-corrected chi connectivity index (χ0v) is 11.5. The highest BCUT2D eigenvalue weighted by molar-refractivity contribution is 9.10. The molecule has 1 aliphatic rings. The molecule has 0 aliphatic heterocycles. The second kappa shape index (κ2) is 5.88. The van der Waals surface area contributed by atoms with E-state index >= 15 is 0 Å². The number of rotatable bonds is 4. The molecule has 15 heavy (non-hydrogen) atoms. The molecule has 1 rings (SSSR count). The zero-order chi connectivity index (χ0) is 11.4. The number of amides is 1. The third-order valence-electron chi connectivity index (χ3n) is 3.20. The summed E-state index contributed by atoms with van der Waals surface area (Å²) in [5.74, 6) is 2.05. The van der Waals surface area contributed by atoms with E-state index in [1.54, 1.807) is 0 Å². The van der Waals surface area contributed by atoms with Gasteiger partial charge in [0.1, 0.15) is 0 Å². The lowest BCUT2D eigenvalue weighted by Crippen LogP contribution is -2.36. The Labute approximate surface area is 101 Å². The summed E-state index contributed by atoms with van der Waals surface area (Å²) in [4.78, 5) is 11.6. The number of carbonyl (C=O) groups is 1. The van der Waals surface area contributed by atoms with E-state index in [0.717, 1.165) is 12.5 Å². The molecule has 1 N–H and O–H groups in total. The highest BCUT2D eigenvalue weighted by Gasteiger charge is 2.23. The van der Waals surface area contributed by atoms with Gasteiger partial charge in [-0.15, -0.1) is 0 Å². The summed E-state index contributed by atoms with van der Waals surface area (Å²) in [5.41, 5.74) is 0. The Hall–Kier alpha value is -0.0500. The smallest absolute Gasteiger partial charge is 0.234 e. The lowest BCUT2D eigenvalue weighted by Gasteiger charge is -2.16. The average Bonchev–Trinajstić information content (AvgIpc) is 2.59. The Morgan fingerprint density at radius 1 is 1.47 bits per heavy atom. The average molecular weight is 276 g/mol. The van der Waals surface area contributed by atoms with Crippen molar-refractivity contribution in [3.63, 3.8) is 0 Å². The van der Waals surface area contributed by atoms with Gasteiger partial charge in [0.2, 0.25) is 5.91 Å². The first-order valence-corrected chi connectivity index (χ1v) is 6.84. The fourth-order valence-electron chi connectivity index (χ4n) is 2.16. The van der Waals surface area contributed by atoms with E-state index < -0.39 is 0 Å². The van der Waals surface area contributed by atoms with Crippen LogP contribution in [0.1, 0.15) is 40.0 Å². The van der Waals surface area contributed by atoms with E-state index in [-0.39, 0.29) is 10.7 Å². The Kier molecular flexibility index (Phi) is 5.10. The lowest BCUT2D eigenvalue weighted by atomic mass is 10.1. The molecule has 3 unspecified atom stereocenters. The van der Waals surface area contributed by atoms with Crippen LogP contribution in [0.5, 0.6) is 0 Å². The minimum Gasteiger partial charge on any atom is -0.355 e. The van der Waals surface area contributed by atoms with Crippen LogP contribution in [0.15, 0.2) is 0 Å². The second-order valence-corrected chi connectivity index (χ2v) is 6.16. The van der Waals surface area contributed by atoms with Crippen molar-refractivity contribution in [1.82, 2.24) is 5.32 Å². The first kappa shape index (κ1) is 13.0. The van der Waals surface area contributed by atoms with Crippen LogP contribution in [-0.2, 0) is 4.79 Å². The van der Waals surface area contributed by atoms with E-state index in [1.165, 1.54) is 19.3 Å². The lowest BCUT2D eigenvalue weighted by molar-refractivity contribution is -0.121. The summed E-state index contributed by atoms with van der Waals surface area (Å²) >= 11 is 3.42. The molecule has 0 aromatic heterocycles. The molecule has 3 atom stereocenters. The Morgan fingerprint density at radius 3 is 2.60 bits per heavy atom. The molecule has 0 aromatic rings. The summed E-state index contributed by atoms with van der Waals surface area (Å²) in [7, 11) is 0. The predicted octanol–water partition coefficient (Wildman–Crippen LogP) is 2.96. The summed E-state index contributed by atoms with van der Waals surface area (Å²) in [6.45, 7) is 7.26. The Bertz CT molecular complexity index is 218. The minimum absolute atomic E-state index is 0.0451. The molecule has 2 nitrogen and oxygen atoms in total. The summed E-state index contributed by atoms with van der Waals surface area (Å²) in [6, 6.07) is 0. The van der Waals surface area contributed by atoms with Crippen molar-refractivity contribution >= 4 is 21.8 Å². The maximum absolute atomic E-state index is 11.7. The third-order valence-corrected chi connectivity index (χ3v) is 4.68. The van der Waals surface area contributed by atoms with Crippen molar-refractivity contribution in [2.75, 3.05) is 6.54 Å². The molecule has 1 saturated carbocycles. The molecule has 3 heteroatoms. The minimum atomic E-state index is -0.0451. The number of hydrogen-bond acceptors (Lipinski definition) is 1. The maximum atomic E-state index is 11.7. The van der Waals surface area contributed by atoms with Gasteiger partial charge in [-0.05, 0) is 30.6 Å². The molecule has 0 heterocycles. The fourth-order valence-corrected chi connectivity index (χ4v) is 2.32. The van der Waals surface area contributed by atoms with E-state index in [1.807, 2.05) is 0 Å². The third kappa shape index (κ3) is 4.13. The number of hydrogen-bond donors (Lipinski definition) is 1. The van der Waals surface area contributed by atoms with Crippen molar-refractivity contribution in [3.8, 4) is 0 Å². The van der Waals surface area contributed by atoms with Gasteiger partial charge in [-0.2, -0.15) is 0 Å². The van der Waals surface area contributed by atoms with Crippen molar-refractivity contribution in [2.45, 2.75) is 44.9 Å². The number of halogens is 1. The highest BCUT2D eigenvalue weighted by atomic mass is 79.9. The first-order valence-electron chi connectivity index (χ1n) is 5.92. The maximum Gasteiger partial charge on any atom is 0.234 e. The Morgan fingerprint density at radius 2 is 2.13 bits per heavy atom. The van der Waals surface area contributed by atoms with Crippen molar-refractivity contribution in [1.29, 1.82) is 0 Å². The van der Waals surface area contributed by atoms with E-state index in [2.05, 4.69) is 42.0 Å². The number of carbonyl (C=O) groups excluding carboxylic acids is 1. The van der Waals surface area contributed by atoms with Crippen LogP contribution >= 0.6 is 15.9 Å². The van der Waals surface area contributed by atoms with E-state index in [0.29, 0.717) is 11.8 Å². The molecule has 1 amide bonds. The fraction of sp³-hybridized carbons (Fsp3) is 0.917. The van der Waals surface area contributed by atoms with Crippen LogP contribution in [0.25, 0.3) is 0 Å². The molecular weight excluding hydrogens is 254 g/mol. The molecule has 88 valence electrons. The van der Waals surface area contributed by atoms with Crippen LogP contribution in [0.3, 0.4) is 0 Å². The largest absolute Gasteiger partial charge is 0.355 e. The highest BCUT2D eigenvalue weighted by Crippen LogP contribution is 2.29. The molecular formula is C12H22BrNO. The van der Waals surface area contributed by atoms with Gasteiger partial charge in [-0.1, -0.05) is 43.1 Å². The molecule has 0 spiro atoms. The van der Waals surface area contributed by atoms with Crippen molar-refractivity contribution < 1.29 is 4.79 Å². The topological polar surface area (TPSA) is 29.1 Å². The van der Waals surface area contributed by atoms with Crippen LogP contribution in [0.2, 0.25) is 0 Å². The molecule has 1 fully saturated rings. The quantitative estimate of drug-likeness (QED) is 0.786. The summed E-state index contributed by atoms with van der Waals surface area (Å²) in [5, 5.41) is 3.04. The van der Waals surface area contributed by atoms with Crippen LogP contribution < -0.4 is 5.32 Å². The monoisotopic (exact) mass is 275 g/mol. The normalized spacial score (nSPS) is 28.1. The summed E-state index contributed by atoms with van der Waals surface area (Å²) in [6.07, 6.45) is 3.87. The van der Waals surface area contributed by atoms with Gasteiger partial charge in [0.15, 0.2) is 0 Å². The van der Waals surface area contributed by atoms with Gasteiger partial charge in [-0.3, -0.25) is 4.79 Å². The molecule has 0 bridgehead atoms. The van der Waals surface area contributed by atoms with Gasteiger partial charge in [0, 0.05) is 6.54 Å². The van der Waals surface area contributed by atoms with Gasteiger partial charge in [-0.25, -0.2) is 0 Å². The number of nitrogens with one attached hydrogen (secondary N) is 1. The Balaban J connectivity index is 2.22. The molecule has 0 radical (unpaired) electrons. The molecule has 0 aromatic carbocycles. The van der Waals surface area contributed by atoms with E-state index in [4.69, 9.17) is 0 Å². The van der Waals surface area contributed by atoms with Gasteiger partial charge in [0.25, 0.3) is 0 Å². The predicted molar refractivity (Wildman–Crippen MR) is 67.1 cm³/mol. The van der Waals surface area contributed by atoms with Crippen molar-refractivity contribution in [2.24, 2.45) is 17.8 Å². The number of alkyl halides is 1. The first-order chi connectivity index (χ1) is 7.00. The van der Waals surface area contributed by atoms with Crippen LogP contribution in [0.4, 0.5) is 0 Å². The van der Waals surface area contributed by atoms with Crippen LogP contribution in [-0.4, -0.2) is 17.3 Å².